The molecule has 0 fully saturated rings. The fourth-order valence-electron chi connectivity index (χ4n) is 2.33. The first-order valence-corrected chi connectivity index (χ1v) is 7.51. The number of aromatic nitrogens is 1. The highest BCUT2D eigenvalue weighted by molar-refractivity contribution is 7.98. The van der Waals surface area contributed by atoms with Crippen LogP contribution in [0.2, 0.25) is 0 Å². The van der Waals surface area contributed by atoms with Crippen molar-refractivity contribution in [2.75, 3.05) is 6.26 Å². The van der Waals surface area contributed by atoms with Crippen molar-refractivity contribution in [3.8, 4) is 5.69 Å². The minimum Gasteiger partial charge on any atom is -0.478 e. The van der Waals surface area contributed by atoms with Crippen LogP contribution in [0.5, 0.6) is 0 Å². The molecule has 0 radical (unpaired) electrons. The van der Waals surface area contributed by atoms with E-state index in [1.807, 2.05) is 16.9 Å². The minimum atomic E-state index is -0.947. The first-order chi connectivity index (χ1) is 10.1. The molecule has 1 heterocycles. The van der Waals surface area contributed by atoms with Crippen molar-refractivity contribution in [2.24, 2.45) is 0 Å². The van der Waals surface area contributed by atoms with E-state index in [1.54, 1.807) is 42.1 Å². The van der Waals surface area contributed by atoms with Crippen LogP contribution >= 0.6 is 11.8 Å². The smallest absolute Gasteiger partial charge is 0.335 e. The van der Waals surface area contributed by atoms with Gasteiger partial charge in [-0.15, -0.1) is 11.8 Å². The Bertz CT molecular complexity index is 824. The number of fused-ring (bicyclic) bond motifs is 1. The lowest BCUT2D eigenvalue weighted by Crippen LogP contribution is -1.97. The Morgan fingerprint density at radius 1 is 1.14 bits per heavy atom. The van der Waals surface area contributed by atoms with Gasteiger partial charge in [0.25, 0.3) is 0 Å². The van der Waals surface area contributed by atoms with Gasteiger partial charge in [-0.05, 0) is 54.8 Å². The fourth-order valence-corrected chi connectivity index (χ4v) is 2.96. The molecule has 3 aromatic rings. The van der Waals surface area contributed by atoms with Crippen LogP contribution in [-0.4, -0.2) is 21.9 Å². The minimum absolute atomic E-state index is 0.256. The quantitative estimate of drug-likeness (QED) is 0.738. The van der Waals surface area contributed by atoms with Crippen molar-refractivity contribution in [3.05, 3.63) is 59.9 Å². The number of hydrogen-bond donors (Lipinski definition) is 1. The first kappa shape index (κ1) is 13.7. The molecule has 0 amide bonds. The van der Waals surface area contributed by atoms with Crippen LogP contribution in [0.3, 0.4) is 0 Å². The zero-order valence-corrected chi connectivity index (χ0v) is 12.0. The monoisotopic (exact) mass is 301 g/mol. The van der Waals surface area contributed by atoms with Gasteiger partial charge in [0.05, 0.1) is 16.1 Å². The van der Waals surface area contributed by atoms with Gasteiger partial charge in [-0.2, -0.15) is 0 Å². The molecule has 0 saturated carbocycles. The lowest BCUT2D eigenvalue weighted by molar-refractivity contribution is 0.0697. The van der Waals surface area contributed by atoms with Crippen molar-refractivity contribution in [1.29, 1.82) is 0 Å². The van der Waals surface area contributed by atoms with E-state index in [-0.39, 0.29) is 11.4 Å². The predicted molar refractivity (Wildman–Crippen MR) is 82.0 cm³/mol. The molecule has 21 heavy (non-hydrogen) atoms. The zero-order chi connectivity index (χ0) is 15.0. The third-order valence-corrected chi connectivity index (χ3v) is 4.03. The van der Waals surface area contributed by atoms with E-state index in [2.05, 4.69) is 0 Å². The predicted octanol–water partition coefficient (Wildman–Crippen LogP) is 4.19. The summed E-state index contributed by atoms with van der Waals surface area (Å²) in [6.07, 6.45) is 1.95. The fraction of sp³-hybridized carbons (Fsp3) is 0.0625. The molecule has 0 atom stereocenters. The van der Waals surface area contributed by atoms with Crippen LogP contribution < -0.4 is 0 Å². The standard InChI is InChI=1S/C16H12FNO2S/c1-21-15-9-11-8-10(16(19)20)2-7-14(11)18(15)13-5-3-12(17)4-6-13/h2-9H,1H3,(H,19,20). The molecule has 3 rings (SSSR count). The number of carboxylic acids is 1. The van der Waals surface area contributed by atoms with Crippen LogP contribution in [0.1, 0.15) is 10.4 Å². The lowest BCUT2D eigenvalue weighted by Gasteiger charge is -2.09. The number of benzene rings is 2. The summed E-state index contributed by atoms with van der Waals surface area (Å²) in [5.41, 5.74) is 2.00. The summed E-state index contributed by atoms with van der Waals surface area (Å²) < 4.78 is 15.1. The Kier molecular flexibility index (Phi) is 3.43. The number of hydrogen-bond acceptors (Lipinski definition) is 2. The molecule has 1 aromatic heterocycles. The van der Waals surface area contributed by atoms with Crippen LogP contribution in [0.25, 0.3) is 16.6 Å². The van der Waals surface area contributed by atoms with Crippen molar-refractivity contribution < 1.29 is 14.3 Å². The molecular weight excluding hydrogens is 289 g/mol. The van der Waals surface area contributed by atoms with Gasteiger partial charge in [0.15, 0.2) is 0 Å². The molecule has 2 aromatic carbocycles. The van der Waals surface area contributed by atoms with Gasteiger partial charge >= 0.3 is 5.97 Å². The summed E-state index contributed by atoms with van der Waals surface area (Å²) in [4.78, 5) is 11.1. The summed E-state index contributed by atoms with van der Waals surface area (Å²) in [7, 11) is 0. The number of thioether (sulfide) groups is 1. The summed E-state index contributed by atoms with van der Waals surface area (Å²) >= 11 is 1.56. The zero-order valence-electron chi connectivity index (χ0n) is 11.2. The van der Waals surface area contributed by atoms with Gasteiger partial charge in [-0.25, -0.2) is 9.18 Å². The first-order valence-electron chi connectivity index (χ1n) is 6.29. The number of nitrogens with zero attached hydrogens (tertiary/aromatic N) is 1. The van der Waals surface area contributed by atoms with Gasteiger partial charge < -0.3 is 9.67 Å². The number of rotatable bonds is 3. The van der Waals surface area contributed by atoms with E-state index >= 15 is 0 Å². The van der Waals surface area contributed by atoms with Crippen molar-refractivity contribution >= 4 is 28.6 Å². The molecule has 0 aliphatic heterocycles. The van der Waals surface area contributed by atoms with Crippen molar-refractivity contribution in [3.63, 3.8) is 0 Å². The summed E-state index contributed by atoms with van der Waals surface area (Å²) in [5, 5.41) is 10.9. The molecule has 3 nitrogen and oxygen atoms in total. The van der Waals surface area contributed by atoms with Gasteiger partial charge in [0.1, 0.15) is 5.82 Å². The molecule has 0 aliphatic carbocycles. The normalized spacial score (nSPS) is 11.0. The molecule has 0 bridgehead atoms. The maximum Gasteiger partial charge on any atom is 0.335 e. The maximum absolute atomic E-state index is 13.1. The largest absolute Gasteiger partial charge is 0.478 e. The summed E-state index contributed by atoms with van der Waals surface area (Å²) in [6, 6.07) is 13.2. The Hall–Kier alpha value is -2.27. The average Bonchev–Trinajstić information content (AvgIpc) is 2.85. The molecule has 0 saturated heterocycles. The van der Waals surface area contributed by atoms with Crippen LogP contribution in [-0.2, 0) is 0 Å². The lowest BCUT2D eigenvalue weighted by atomic mass is 10.1. The Morgan fingerprint density at radius 3 is 2.48 bits per heavy atom. The second kappa shape index (κ2) is 5.26. The molecule has 0 aliphatic rings. The van der Waals surface area contributed by atoms with Crippen molar-refractivity contribution in [1.82, 2.24) is 4.57 Å². The van der Waals surface area contributed by atoms with Crippen LogP contribution in [0, 0.1) is 5.82 Å². The third-order valence-electron chi connectivity index (χ3n) is 3.31. The van der Waals surface area contributed by atoms with E-state index < -0.39 is 5.97 Å². The number of carbonyl (C=O) groups is 1. The van der Waals surface area contributed by atoms with E-state index in [9.17, 15) is 9.18 Å². The van der Waals surface area contributed by atoms with Gasteiger partial charge in [0.2, 0.25) is 0 Å². The topological polar surface area (TPSA) is 42.2 Å². The molecule has 1 N–H and O–H groups in total. The Morgan fingerprint density at radius 2 is 1.86 bits per heavy atom. The number of halogens is 1. The van der Waals surface area contributed by atoms with Crippen LogP contribution in [0.15, 0.2) is 53.6 Å². The maximum atomic E-state index is 13.1. The number of aromatic carboxylic acids is 1. The van der Waals surface area contributed by atoms with Crippen molar-refractivity contribution in [2.45, 2.75) is 5.03 Å². The third kappa shape index (κ3) is 2.40. The highest BCUT2D eigenvalue weighted by Crippen LogP contribution is 2.30. The Balaban J connectivity index is 2.25. The molecule has 5 heteroatoms. The van der Waals surface area contributed by atoms with Gasteiger partial charge in [-0.1, -0.05) is 0 Å². The van der Waals surface area contributed by atoms with E-state index in [1.165, 1.54) is 12.1 Å². The Labute approximate surface area is 125 Å². The number of carboxylic acid groups (broad SMARTS) is 1. The summed E-state index contributed by atoms with van der Waals surface area (Å²) in [5.74, 6) is -1.23. The summed E-state index contributed by atoms with van der Waals surface area (Å²) in [6.45, 7) is 0. The SMILES string of the molecule is CSc1cc2cc(C(=O)O)ccc2n1-c1ccc(F)cc1. The molecule has 0 unspecified atom stereocenters. The average molecular weight is 301 g/mol. The van der Waals surface area contributed by atoms with Gasteiger partial charge in [0, 0.05) is 11.1 Å². The highest BCUT2D eigenvalue weighted by Gasteiger charge is 2.12. The van der Waals surface area contributed by atoms with E-state index in [0.717, 1.165) is 21.6 Å². The highest BCUT2D eigenvalue weighted by atomic mass is 32.2. The van der Waals surface area contributed by atoms with Crippen LogP contribution in [0.4, 0.5) is 4.39 Å². The second-order valence-electron chi connectivity index (χ2n) is 4.58. The molecule has 0 spiro atoms. The van der Waals surface area contributed by atoms with E-state index in [0.29, 0.717) is 0 Å². The van der Waals surface area contributed by atoms with Gasteiger partial charge in [-0.3, -0.25) is 0 Å². The second-order valence-corrected chi connectivity index (χ2v) is 5.40. The molecule has 106 valence electrons. The van der Waals surface area contributed by atoms with E-state index in [4.69, 9.17) is 5.11 Å². The molecular formula is C16H12FNO2S.